The minimum Gasteiger partial charge on any atom is -0.494 e. The van der Waals surface area contributed by atoms with Crippen LogP contribution in [0.1, 0.15) is 24.3 Å². The van der Waals surface area contributed by atoms with Gasteiger partial charge in [-0.3, -0.25) is 14.2 Å². The maximum absolute atomic E-state index is 13.2. The molecule has 33 heavy (non-hydrogen) atoms. The lowest BCUT2D eigenvalue weighted by Gasteiger charge is -2.14. The van der Waals surface area contributed by atoms with E-state index in [0.29, 0.717) is 58.9 Å². The fourth-order valence-corrected chi connectivity index (χ4v) is 5.16. The predicted molar refractivity (Wildman–Crippen MR) is 133 cm³/mol. The fraction of sp³-hybridized carbons (Fsp3) is 0.435. The number of aryl methyl sites for hydroxylation is 2. The number of carbonyl (C=O) groups excluding carboxylic acids is 1. The minimum atomic E-state index is -0.235. The van der Waals surface area contributed by atoms with Crippen LogP contribution in [0.25, 0.3) is 10.2 Å². The monoisotopic (exact) mass is 491 g/mol. The Kier molecular flexibility index (Phi) is 8.76. The second-order valence-corrected chi connectivity index (χ2v) is 9.31. The molecule has 178 valence electrons. The standard InChI is InChI=1S/C23H29N3O5S2/c1-6-30-16-8-9-18(31-7-2)17(12-16)24-19(27)13-32-23-25-21-20(14(3)15(4)33-21)22(28)26(23)10-11-29-5/h8-9,12H,6-7,10-11,13H2,1-5H3,(H,24,27). The largest absolute Gasteiger partial charge is 0.494 e. The number of amides is 1. The Morgan fingerprint density at radius 2 is 1.97 bits per heavy atom. The second kappa shape index (κ2) is 11.5. The predicted octanol–water partition coefficient (Wildman–Crippen LogP) is 4.25. The lowest BCUT2D eigenvalue weighted by Crippen LogP contribution is -2.26. The Hall–Kier alpha value is -2.56. The smallest absolute Gasteiger partial charge is 0.263 e. The fourth-order valence-electron chi connectivity index (χ4n) is 3.26. The van der Waals surface area contributed by atoms with Crippen LogP contribution in [0, 0.1) is 13.8 Å². The highest BCUT2D eigenvalue weighted by Gasteiger charge is 2.18. The van der Waals surface area contributed by atoms with Crippen molar-refractivity contribution in [3.63, 3.8) is 0 Å². The molecule has 0 radical (unpaired) electrons. The molecule has 0 aliphatic carbocycles. The van der Waals surface area contributed by atoms with Gasteiger partial charge in [0, 0.05) is 18.1 Å². The van der Waals surface area contributed by atoms with Crippen molar-refractivity contribution in [3.8, 4) is 11.5 Å². The molecule has 0 atom stereocenters. The van der Waals surface area contributed by atoms with Gasteiger partial charge in [0.05, 0.1) is 43.2 Å². The van der Waals surface area contributed by atoms with Crippen LogP contribution in [0.15, 0.2) is 28.2 Å². The van der Waals surface area contributed by atoms with Gasteiger partial charge in [-0.15, -0.1) is 11.3 Å². The number of thioether (sulfide) groups is 1. The number of hydrogen-bond donors (Lipinski definition) is 1. The summed E-state index contributed by atoms with van der Waals surface area (Å²) in [7, 11) is 1.59. The molecule has 3 rings (SSSR count). The SMILES string of the molecule is CCOc1ccc(OCC)c(NC(=O)CSc2nc3sc(C)c(C)c3c(=O)n2CCOC)c1. The number of carbonyl (C=O) groups is 1. The number of nitrogens with one attached hydrogen (secondary N) is 1. The number of rotatable bonds is 11. The molecule has 0 spiro atoms. The summed E-state index contributed by atoms with van der Waals surface area (Å²) in [6.45, 7) is 9.42. The Morgan fingerprint density at radius 1 is 1.21 bits per heavy atom. The highest BCUT2D eigenvalue weighted by molar-refractivity contribution is 7.99. The molecule has 0 saturated carbocycles. The van der Waals surface area contributed by atoms with Crippen molar-refractivity contribution in [1.82, 2.24) is 9.55 Å². The number of hydrogen-bond acceptors (Lipinski definition) is 8. The van der Waals surface area contributed by atoms with Crippen LogP contribution < -0.4 is 20.3 Å². The summed E-state index contributed by atoms with van der Waals surface area (Å²) in [6.07, 6.45) is 0. The molecular weight excluding hydrogens is 462 g/mol. The van der Waals surface area contributed by atoms with Crippen LogP contribution in [0.2, 0.25) is 0 Å². The van der Waals surface area contributed by atoms with E-state index in [2.05, 4.69) is 5.32 Å². The molecule has 0 aliphatic rings. The summed E-state index contributed by atoms with van der Waals surface area (Å²) in [5, 5.41) is 4.02. The van der Waals surface area contributed by atoms with Crippen molar-refractivity contribution in [3.05, 3.63) is 39.0 Å². The molecule has 8 nitrogen and oxygen atoms in total. The van der Waals surface area contributed by atoms with Gasteiger partial charge in [-0.2, -0.15) is 0 Å². The Labute approximate surface area is 201 Å². The number of nitrogens with zero attached hydrogens (tertiary/aromatic N) is 2. The lowest BCUT2D eigenvalue weighted by atomic mass is 10.2. The number of benzene rings is 1. The minimum absolute atomic E-state index is 0.0820. The quantitative estimate of drug-likeness (QED) is 0.317. The van der Waals surface area contributed by atoms with Gasteiger partial charge in [-0.1, -0.05) is 11.8 Å². The molecule has 2 aromatic heterocycles. The van der Waals surface area contributed by atoms with Gasteiger partial charge in [-0.05, 0) is 45.4 Å². The van der Waals surface area contributed by atoms with E-state index in [1.54, 1.807) is 29.9 Å². The van der Waals surface area contributed by atoms with Crippen LogP contribution >= 0.6 is 23.1 Å². The lowest BCUT2D eigenvalue weighted by molar-refractivity contribution is -0.113. The molecule has 0 saturated heterocycles. The summed E-state index contributed by atoms with van der Waals surface area (Å²) in [4.78, 5) is 32.4. The van der Waals surface area contributed by atoms with Crippen molar-refractivity contribution in [1.29, 1.82) is 0 Å². The Balaban J connectivity index is 1.83. The van der Waals surface area contributed by atoms with E-state index in [1.165, 1.54) is 23.1 Å². The highest BCUT2D eigenvalue weighted by Crippen LogP contribution is 2.31. The van der Waals surface area contributed by atoms with Crippen LogP contribution in [-0.4, -0.2) is 48.1 Å². The van der Waals surface area contributed by atoms with Gasteiger partial charge in [0.25, 0.3) is 5.56 Å². The molecular formula is C23H29N3O5S2. The Morgan fingerprint density at radius 3 is 2.67 bits per heavy atom. The molecule has 1 aromatic carbocycles. The zero-order valence-corrected chi connectivity index (χ0v) is 21.2. The van der Waals surface area contributed by atoms with Crippen molar-refractivity contribution in [2.45, 2.75) is 39.4 Å². The zero-order chi connectivity index (χ0) is 24.0. The maximum Gasteiger partial charge on any atom is 0.263 e. The van der Waals surface area contributed by atoms with Crippen molar-refractivity contribution >= 4 is 44.9 Å². The summed E-state index contributed by atoms with van der Waals surface area (Å²) in [5.74, 6) is 1.06. The number of aromatic nitrogens is 2. The van der Waals surface area contributed by atoms with E-state index in [-0.39, 0.29) is 17.2 Å². The van der Waals surface area contributed by atoms with E-state index < -0.39 is 0 Å². The second-order valence-electron chi connectivity index (χ2n) is 7.17. The van der Waals surface area contributed by atoms with E-state index in [1.807, 2.05) is 27.7 Å². The van der Waals surface area contributed by atoms with Crippen LogP contribution in [0.4, 0.5) is 5.69 Å². The van der Waals surface area contributed by atoms with E-state index in [4.69, 9.17) is 19.2 Å². The van der Waals surface area contributed by atoms with E-state index in [9.17, 15) is 9.59 Å². The molecule has 1 amide bonds. The maximum atomic E-state index is 13.2. The normalized spacial score (nSPS) is 11.1. The topological polar surface area (TPSA) is 91.7 Å². The molecule has 0 aliphatic heterocycles. The number of ether oxygens (including phenoxy) is 3. The highest BCUT2D eigenvalue weighted by atomic mass is 32.2. The number of anilines is 1. The summed E-state index contributed by atoms with van der Waals surface area (Å²) < 4.78 is 17.9. The summed E-state index contributed by atoms with van der Waals surface area (Å²) >= 11 is 2.71. The third-order valence-electron chi connectivity index (χ3n) is 4.94. The number of thiophene rings is 1. The zero-order valence-electron chi connectivity index (χ0n) is 19.5. The van der Waals surface area contributed by atoms with Crippen LogP contribution in [0.3, 0.4) is 0 Å². The number of fused-ring (bicyclic) bond motifs is 1. The van der Waals surface area contributed by atoms with Gasteiger partial charge in [0.1, 0.15) is 16.3 Å². The molecule has 3 aromatic rings. The van der Waals surface area contributed by atoms with Crippen LogP contribution in [-0.2, 0) is 16.1 Å². The third-order valence-corrected chi connectivity index (χ3v) is 7.02. The Bertz CT molecular complexity index is 1190. The van der Waals surface area contributed by atoms with Crippen molar-refractivity contribution in [2.75, 3.05) is 38.0 Å². The van der Waals surface area contributed by atoms with Gasteiger partial charge in [0.15, 0.2) is 5.16 Å². The van der Waals surface area contributed by atoms with Gasteiger partial charge < -0.3 is 19.5 Å². The molecule has 2 heterocycles. The first kappa shape index (κ1) is 25.1. The molecule has 10 heteroatoms. The van der Waals surface area contributed by atoms with Crippen molar-refractivity contribution in [2.24, 2.45) is 0 Å². The first-order valence-corrected chi connectivity index (χ1v) is 12.5. The van der Waals surface area contributed by atoms with Gasteiger partial charge in [-0.25, -0.2) is 4.98 Å². The summed E-state index contributed by atoms with van der Waals surface area (Å²) in [5.41, 5.74) is 1.38. The van der Waals surface area contributed by atoms with Gasteiger partial charge >= 0.3 is 0 Å². The first-order valence-electron chi connectivity index (χ1n) is 10.7. The van der Waals surface area contributed by atoms with E-state index in [0.717, 1.165) is 10.4 Å². The summed E-state index contributed by atoms with van der Waals surface area (Å²) in [6, 6.07) is 5.32. The van der Waals surface area contributed by atoms with E-state index >= 15 is 0 Å². The first-order chi connectivity index (χ1) is 15.9. The third kappa shape index (κ3) is 5.87. The number of methoxy groups -OCH3 is 1. The molecule has 1 N–H and O–H groups in total. The van der Waals surface area contributed by atoms with Crippen molar-refractivity contribution < 1.29 is 19.0 Å². The molecule has 0 unspecified atom stereocenters. The average molecular weight is 492 g/mol. The van der Waals surface area contributed by atoms with Crippen LogP contribution in [0.5, 0.6) is 11.5 Å². The molecule has 0 fully saturated rings. The molecule has 0 bridgehead atoms. The average Bonchev–Trinajstić information content (AvgIpc) is 3.07. The van der Waals surface area contributed by atoms with Gasteiger partial charge in [0.2, 0.25) is 5.91 Å².